The van der Waals surface area contributed by atoms with Gasteiger partial charge in [-0.15, -0.1) is 0 Å². The van der Waals surface area contributed by atoms with Crippen LogP contribution in [0.15, 0.2) is 40.6 Å². The van der Waals surface area contributed by atoms with E-state index in [1.807, 2.05) is 0 Å². The maximum atomic E-state index is 11.8. The molecule has 1 aromatic carbocycles. The van der Waals surface area contributed by atoms with Gasteiger partial charge >= 0.3 is 0 Å². The fraction of sp³-hybridized carbons (Fsp3) is 0.0909. The highest BCUT2D eigenvalue weighted by Gasteiger charge is 2.09. The molecule has 0 aliphatic heterocycles. The van der Waals surface area contributed by atoms with Crippen molar-refractivity contribution >= 4 is 39.3 Å². The highest BCUT2D eigenvalue weighted by Crippen LogP contribution is 2.15. The minimum atomic E-state index is -3.75. The Morgan fingerprint density at radius 1 is 1.23 bits per heavy atom. The number of benzene rings is 1. The topological polar surface area (TPSA) is 154 Å². The van der Waals surface area contributed by atoms with Crippen molar-refractivity contribution in [3.63, 3.8) is 0 Å². The molecular formula is C11H12N6O3S2. The van der Waals surface area contributed by atoms with Crippen LogP contribution in [-0.4, -0.2) is 35.0 Å². The number of hydrogen-bond acceptors (Lipinski definition) is 8. The molecule has 1 amide bonds. The molecular weight excluding hydrogens is 328 g/mol. The third kappa shape index (κ3) is 4.65. The first-order chi connectivity index (χ1) is 10.3. The van der Waals surface area contributed by atoms with Crippen LogP contribution in [0.5, 0.6) is 0 Å². The van der Waals surface area contributed by atoms with Crippen molar-refractivity contribution in [3.8, 4) is 0 Å². The molecule has 0 fully saturated rings. The summed E-state index contributed by atoms with van der Waals surface area (Å²) >= 11 is 1.10. The summed E-state index contributed by atoms with van der Waals surface area (Å²) < 4.78 is 22.2. The van der Waals surface area contributed by atoms with Crippen LogP contribution in [0.2, 0.25) is 0 Å². The third-order valence-electron chi connectivity index (χ3n) is 2.37. The molecule has 0 bridgehead atoms. The van der Waals surface area contributed by atoms with Crippen molar-refractivity contribution in [1.82, 2.24) is 15.0 Å². The molecule has 1 heterocycles. The summed E-state index contributed by atoms with van der Waals surface area (Å²) in [5.74, 6) is -0.149. The first-order valence-corrected chi connectivity index (χ1v) is 8.38. The van der Waals surface area contributed by atoms with E-state index < -0.39 is 10.0 Å². The van der Waals surface area contributed by atoms with Gasteiger partial charge in [0.15, 0.2) is 5.16 Å². The third-order valence-corrected chi connectivity index (χ3v) is 4.16. The molecule has 0 spiro atoms. The predicted molar refractivity (Wildman–Crippen MR) is 81.4 cm³/mol. The first-order valence-electron chi connectivity index (χ1n) is 5.84. The molecule has 1 aromatic heterocycles. The molecule has 22 heavy (non-hydrogen) atoms. The van der Waals surface area contributed by atoms with Crippen LogP contribution in [0.4, 0.5) is 11.6 Å². The lowest BCUT2D eigenvalue weighted by Gasteiger charge is -2.05. The molecule has 11 heteroatoms. The summed E-state index contributed by atoms with van der Waals surface area (Å²) in [4.78, 5) is 23.1. The van der Waals surface area contributed by atoms with Gasteiger partial charge in [0, 0.05) is 5.69 Å². The second-order valence-corrected chi connectivity index (χ2v) is 6.54. The van der Waals surface area contributed by atoms with Crippen molar-refractivity contribution in [2.75, 3.05) is 16.8 Å². The molecule has 0 saturated heterocycles. The van der Waals surface area contributed by atoms with E-state index in [-0.39, 0.29) is 22.5 Å². The van der Waals surface area contributed by atoms with Crippen LogP contribution in [0.25, 0.3) is 0 Å². The smallest absolute Gasteiger partial charge is 0.238 e. The highest BCUT2D eigenvalue weighted by molar-refractivity contribution is 7.99. The Morgan fingerprint density at radius 3 is 2.50 bits per heavy atom. The lowest BCUT2D eigenvalue weighted by molar-refractivity contribution is -0.113. The van der Waals surface area contributed by atoms with E-state index in [9.17, 15) is 13.2 Å². The number of thioether (sulfide) groups is 1. The molecule has 2 rings (SSSR count). The zero-order valence-electron chi connectivity index (χ0n) is 11.1. The molecule has 0 saturated carbocycles. The summed E-state index contributed by atoms with van der Waals surface area (Å²) in [6, 6.07) is 5.52. The number of hydrogen-bond donors (Lipinski definition) is 3. The zero-order valence-corrected chi connectivity index (χ0v) is 12.8. The highest BCUT2D eigenvalue weighted by atomic mass is 32.2. The maximum Gasteiger partial charge on any atom is 0.238 e. The quantitative estimate of drug-likeness (QED) is 0.634. The fourth-order valence-corrected chi connectivity index (χ4v) is 2.55. The molecule has 0 atom stereocenters. The number of anilines is 2. The van der Waals surface area contributed by atoms with Crippen LogP contribution in [0.1, 0.15) is 0 Å². The Bertz CT molecular complexity index is 779. The van der Waals surface area contributed by atoms with Gasteiger partial charge in [-0.25, -0.2) is 23.5 Å². The number of amides is 1. The average Bonchev–Trinajstić information content (AvgIpc) is 2.45. The minimum absolute atomic E-state index is 0.0273. The molecule has 116 valence electrons. The van der Waals surface area contributed by atoms with Gasteiger partial charge in [0.25, 0.3) is 0 Å². The van der Waals surface area contributed by atoms with Crippen LogP contribution < -0.4 is 16.2 Å². The van der Waals surface area contributed by atoms with Gasteiger partial charge in [-0.1, -0.05) is 11.8 Å². The molecule has 0 aliphatic rings. The number of nitrogens with two attached hydrogens (primary N) is 2. The van der Waals surface area contributed by atoms with Crippen molar-refractivity contribution in [2.45, 2.75) is 10.1 Å². The van der Waals surface area contributed by atoms with Crippen LogP contribution in [-0.2, 0) is 14.8 Å². The SMILES string of the molecule is Nc1ncnc(SCC(=O)Nc2ccc(S(N)(=O)=O)cc2)n1. The Morgan fingerprint density at radius 2 is 1.91 bits per heavy atom. The van der Waals surface area contributed by atoms with Gasteiger partial charge in [-0.2, -0.15) is 4.98 Å². The number of primary sulfonamides is 1. The van der Waals surface area contributed by atoms with Crippen molar-refractivity contribution in [1.29, 1.82) is 0 Å². The maximum absolute atomic E-state index is 11.8. The number of sulfonamides is 1. The molecule has 0 radical (unpaired) electrons. The molecule has 5 N–H and O–H groups in total. The van der Waals surface area contributed by atoms with E-state index in [1.165, 1.54) is 30.6 Å². The molecule has 2 aromatic rings. The monoisotopic (exact) mass is 340 g/mol. The zero-order chi connectivity index (χ0) is 16.2. The van der Waals surface area contributed by atoms with Gasteiger partial charge in [-0.3, -0.25) is 4.79 Å². The van der Waals surface area contributed by atoms with E-state index in [0.717, 1.165) is 11.8 Å². The molecule has 0 aliphatic carbocycles. The van der Waals surface area contributed by atoms with Gasteiger partial charge in [0.05, 0.1) is 10.6 Å². The minimum Gasteiger partial charge on any atom is -0.368 e. The second kappa shape index (κ2) is 6.68. The fourth-order valence-electron chi connectivity index (χ4n) is 1.42. The number of nitrogens with one attached hydrogen (secondary N) is 1. The first kappa shape index (κ1) is 16.1. The summed E-state index contributed by atoms with van der Waals surface area (Å²) in [5.41, 5.74) is 5.85. The van der Waals surface area contributed by atoms with Gasteiger partial charge in [-0.05, 0) is 24.3 Å². The van der Waals surface area contributed by atoms with E-state index >= 15 is 0 Å². The average molecular weight is 340 g/mol. The summed E-state index contributed by atoms with van der Waals surface area (Å²) in [6.07, 6.45) is 1.26. The summed E-state index contributed by atoms with van der Waals surface area (Å²) in [7, 11) is -3.75. The number of rotatable bonds is 5. The van der Waals surface area contributed by atoms with E-state index in [1.54, 1.807) is 0 Å². The molecule has 9 nitrogen and oxygen atoms in total. The van der Waals surface area contributed by atoms with Crippen LogP contribution in [0.3, 0.4) is 0 Å². The molecule has 0 unspecified atom stereocenters. The van der Waals surface area contributed by atoms with Gasteiger partial charge in [0.2, 0.25) is 21.9 Å². The van der Waals surface area contributed by atoms with Gasteiger partial charge in [0.1, 0.15) is 6.33 Å². The predicted octanol–water partition coefficient (Wildman–Crippen LogP) is -0.168. The van der Waals surface area contributed by atoms with Crippen LogP contribution in [0, 0.1) is 0 Å². The lowest BCUT2D eigenvalue weighted by atomic mass is 10.3. The standard InChI is InChI=1S/C11H12N6O3S2/c12-10-14-6-15-11(17-10)21-5-9(18)16-7-1-3-8(4-2-7)22(13,19)20/h1-4,6H,5H2,(H,16,18)(H2,13,19,20)(H2,12,14,15,17). The Hall–Kier alpha value is -2.24. The number of carbonyl (C=O) groups is 1. The Kier molecular flexibility index (Phi) is 4.90. The van der Waals surface area contributed by atoms with E-state index in [2.05, 4.69) is 20.3 Å². The van der Waals surface area contributed by atoms with Gasteiger partial charge < -0.3 is 11.1 Å². The van der Waals surface area contributed by atoms with Crippen molar-refractivity contribution < 1.29 is 13.2 Å². The largest absolute Gasteiger partial charge is 0.368 e. The van der Waals surface area contributed by atoms with Crippen molar-refractivity contribution in [2.24, 2.45) is 5.14 Å². The van der Waals surface area contributed by atoms with Crippen molar-refractivity contribution in [3.05, 3.63) is 30.6 Å². The normalized spacial score (nSPS) is 11.1. The number of nitrogens with zero attached hydrogens (tertiary/aromatic N) is 3. The van der Waals surface area contributed by atoms with E-state index in [0.29, 0.717) is 10.8 Å². The Labute approximate surface area is 130 Å². The van der Waals surface area contributed by atoms with E-state index in [4.69, 9.17) is 10.9 Å². The Balaban J connectivity index is 1.92. The summed E-state index contributed by atoms with van der Waals surface area (Å²) in [6.45, 7) is 0. The van der Waals surface area contributed by atoms with Crippen LogP contribution >= 0.6 is 11.8 Å². The summed E-state index contributed by atoms with van der Waals surface area (Å²) in [5, 5.41) is 7.93. The number of nitrogen functional groups attached to an aromatic ring is 1. The second-order valence-electron chi connectivity index (χ2n) is 4.03. The number of carbonyl (C=O) groups excluding carboxylic acids is 1. The lowest BCUT2D eigenvalue weighted by Crippen LogP contribution is -2.15. The number of aromatic nitrogens is 3.